The molecular weight excluding hydrogens is 485 g/mol. The number of aliphatic hydroxyl groups is 1. The normalized spacial score (nSPS) is 29.9. The molecule has 3 atom stereocenters. The summed E-state index contributed by atoms with van der Waals surface area (Å²) in [5.74, 6) is 0.730. The summed E-state index contributed by atoms with van der Waals surface area (Å²) in [6.07, 6.45) is 2.24. The molecule has 2 N–H and O–H groups in total. The third-order valence-corrected chi connectivity index (χ3v) is 9.30. The van der Waals surface area contributed by atoms with Crippen molar-refractivity contribution in [2.75, 3.05) is 26.2 Å². The Hall–Kier alpha value is -2.59. The number of hydrogen-bond donors (Lipinski definition) is 2. The number of amides is 1. The molecule has 0 radical (unpaired) electrons. The predicted octanol–water partition coefficient (Wildman–Crippen LogP) is 3.33. The Labute approximate surface area is 213 Å². The number of fused-ring (bicyclic) bond motifs is 1. The van der Waals surface area contributed by atoms with E-state index in [1.54, 1.807) is 17.0 Å². The summed E-state index contributed by atoms with van der Waals surface area (Å²) in [6, 6.07) is 5.46. The number of phenols is 1. The average molecular weight is 519 g/mol. The van der Waals surface area contributed by atoms with Gasteiger partial charge in [0.05, 0.1) is 17.4 Å². The van der Waals surface area contributed by atoms with Crippen molar-refractivity contribution in [3.63, 3.8) is 0 Å². The van der Waals surface area contributed by atoms with Crippen molar-refractivity contribution in [2.24, 2.45) is 5.92 Å². The van der Waals surface area contributed by atoms with Crippen LogP contribution >= 0.6 is 0 Å². The van der Waals surface area contributed by atoms with Gasteiger partial charge in [0.15, 0.2) is 0 Å². The highest BCUT2D eigenvalue weighted by Gasteiger charge is 2.63. The third kappa shape index (κ3) is 4.22. The molecule has 3 unspecified atom stereocenters. The van der Waals surface area contributed by atoms with Crippen molar-refractivity contribution < 1.29 is 28.2 Å². The SMILES string of the molecule is O=C(CCn1cc(C(F)(F)F)cn1)N1CCC23CCN(CC4CC4)C(Cc4ccc(O)cc42)C3(O)CC1. The predicted molar refractivity (Wildman–Crippen MR) is 129 cm³/mol. The van der Waals surface area contributed by atoms with Crippen molar-refractivity contribution in [3.05, 3.63) is 47.3 Å². The molecule has 2 aliphatic heterocycles. The Morgan fingerprint density at radius 1 is 1.14 bits per heavy atom. The van der Waals surface area contributed by atoms with Gasteiger partial charge < -0.3 is 15.1 Å². The molecule has 2 bridgehead atoms. The first kappa shape index (κ1) is 24.7. The number of piperidine rings is 1. The molecule has 2 aromatic rings. The number of phenolic OH excluding ortho intramolecular Hbond substituents is 1. The number of alkyl halides is 3. The second-order valence-electron chi connectivity index (χ2n) is 11.4. The molecule has 37 heavy (non-hydrogen) atoms. The first-order valence-electron chi connectivity index (χ1n) is 13.3. The van der Waals surface area contributed by atoms with Crippen LogP contribution in [-0.2, 0) is 29.4 Å². The lowest BCUT2D eigenvalue weighted by molar-refractivity contribution is -0.149. The van der Waals surface area contributed by atoms with E-state index in [-0.39, 0.29) is 30.7 Å². The van der Waals surface area contributed by atoms with Gasteiger partial charge >= 0.3 is 6.18 Å². The summed E-state index contributed by atoms with van der Waals surface area (Å²) in [5.41, 5.74) is -0.248. The first-order chi connectivity index (χ1) is 17.6. The van der Waals surface area contributed by atoms with E-state index < -0.39 is 22.8 Å². The van der Waals surface area contributed by atoms with Gasteiger partial charge in [-0.1, -0.05) is 6.07 Å². The monoisotopic (exact) mass is 518 g/mol. The van der Waals surface area contributed by atoms with Crippen molar-refractivity contribution in [2.45, 2.75) is 74.7 Å². The number of likely N-dealkylation sites (tertiary alicyclic amines) is 2. The van der Waals surface area contributed by atoms with E-state index in [1.807, 2.05) is 6.07 Å². The Morgan fingerprint density at radius 2 is 1.89 bits per heavy atom. The summed E-state index contributed by atoms with van der Waals surface area (Å²) >= 11 is 0. The molecule has 6 rings (SSSR count). The summed E-state index contributed by atoms with van der Waals surface area (Å²) in [5, 5.41) is 26.6. The number of benzene rings is 1. The van der Waals surface area contributed by atoms with E-state index >= 15 is 0 Å². The number of halogens is 3. The highest BCUT2D eigenvalue weighted by atomic mass is 19.4. The van der Waals surface area contributed by atoms with Crippen molar-refractivity contribution in [1.29, 1.82) is 0 Å². The zero-order chi connectivity index (χ0) is 26.0. The number of aryl methyl sites for hydroxylation is 1. The van der Waals surface area contributed by atoms with E-state index in [0.717, 1.165) is 54.1 Å². The van der Waals surface area contributed by atoms with E-state index in [0.29, 0.717) is 31.8 Å². The molecule has 4 aliphatic rings. The van der Waals surface area contributed by atoms with Gasteiger partial charge in [-0.15, -0.1) is 0 Å². The van der Waals surface area contributed by atoms with Gasteiger partial charge in [0.2, 0.25) is 5.91 Å². The Balaban J connectivity index is 1.23. The van der Waals surface area contributed by atoms with Crippen LogP contribution in [0, 0.1) is 5.92 Å². The minimum atomic E-state index is -4.46. The molecule has 1 aromatic carbocycles. The molecular formula is C27H33F3N4O3. The van der Waals surface area contributed by atoms with Gasteiger partial charge in [-0.25, -0.2) is 0 Å². The van der Waals surface area contributed by atoms with Gasteiger partial charge in [-0.3, -0.25) is 14.4 Å². The van der Waals surface area contributed by atoms with Crippen LogP contribution in [0.3, 0.4) is 0 Å². The number of rotatable bonds is 5. The van der Waals surface area contributed by atoms with E-state index in [4.69, 9.17) is 0 Å². The summed E-state index contributed by atoms with van der Waals surface area (Å²) < 4.78 is 39.8. The molecule has 0 spiro atoms. The lowest BCUT2D eigenvalue weighted by Gasteiger charge is -2.61. The van der Waals surface area contributed by atoms with Gasteiger partial charge in [0, 0.05) is 50.3 Å². The number of hydrogen-bond acceptors (Lipinski definition) is 5. The quantitative estimate of drug-likeness (QED) is 0.635. The lowest BCUT2D eigenvalue weighted by atomic mass is 9.52. The Kier molecular flexibility index (Phi) is 5.83. The molecule has 10 heteroatoms. The molecule has 1 amide bonds. The highest BCUT2D eigenvalue weighted by molar-refractivity contribution is 5.76. The minimum absolute atomic E-state index is 0.0407. The molecule has 3 fully saturated rings. The van der Waals surface area contributed by atoms with Crippen LogP contribution in [0.15, 0.2) is 30.6 Å². The van der Waals surface area contributed by atoms with Gasteiger partial charge in [0.1, 0.15) is 5.75 Å². The van der Waals surface area contributed by atoms with Crippen LogP contribution in [0.25, 0.3) is 0 Å². The Bertz CT molecular complexity index is 1200. The molecule has 2 saturated heterocycles. The fraction of sp³-hybridized carbons (Fsp3) is 0.630. The van der Waals surface area contributed by atoms with E-state index in [1.165, 1.54) is 12.8 Å². The maximum Gasteiger partial charge on any atom is 0.419 e. The minimum Gasteiger partial charge on any atom is -0.508 e. The smallest absolute Gasteiger partial charge is 0.419 e. The van der Waals surface area contributed by atoms with Crippen molar-refractivity contribution in [1.82, 2.24) is 19.6 Å². The maximum atomic E-state index is 13.2. The maximum absolute atomic E-state index is 13.2. The number of aromatic hydroxyl groups is 1. The number of carbonyl (C=O) groups excluding carboxylic acids is 1. The molecule has 3 heterocycles. The average Bonchev–Trinajstić information content (AvgIpc) is 3.56. The standard InChI is InChI=1S/C27H33F3N4O3/c28-27(29,30)20-15-31-34(17-20)9-5-24(36)32-10-6-25-7-11-33(16-18-1-2-18)23(26(25,37)8-12-32)13-19-3-4-21(35)14-22(19)25/h3-4,14-15,17-18,23,35,37H,1-2,5-13,16H2. The zero-order valence-electron chi connectivity index (χ0n) is 20.8. The largest absolute Gasteiger partial charge is 0.508 e. The summed E-state index contributed by atoms with van der Waals surface area (Å²) in [6.45, 7) is 2.79. The molecule has 200 valence electrons. The highest BCUT2D eigenvalue weighted by Crippen LogP contribution is 2.56. The van der Waals surface area contributed by atoms with Gasteiger partial charge in [-0.2, -0.15) is 18.3 Å². The summed E-state index contributed by atoms with van der Waals surface area (Å²) in [4.78, 5) is 17.4. The molecule has 7 nitrogen and oxygen atoms in total. The number of nitrogens with zero attached hydrogens (tertiary/aromatic N) is 4. The van der Waals surface area contributed by atoms with Crippen LogP contribution in [0.5, 0.6) is 5.75 Å². The lowest BCUT2D eigenvalue weighted by Crippen LogP contribution is -2.71. The van der Waals surface area contributed by atoms with Crippen LogP contribution in [0.4, 0.5) is 13.2 Å². The van der Waals surface area contributed by atoms with Gasteiger partial charge in [-0.05, 0) is 74.2 Å². The van der Waals surface area contributed by atoms with Crippen LogP contribution in [-0.4, -0.2) is 73.5 Å². The second-order valence-corrected chi connectivity index (χ2v) is 11.4. The zero-order valence-corrected chi connectivity index (χ0v) is 20.8. The van der Waals surface area contributed by atoms with Gasteiger partial charge in [0.25, 0.3) is 0 Å². The van der Waals surface area contributed by atoms with Crippen LogP contribution in [0.2, 0.25) is 0 Å². The third-order valence-electron chi connectivity index (χ3n) is 9.30. The van der Waals surface area contributed by atoms with Crippen LogP contribution < -0.4 is 0 Å². The first-order valence-corrected chi connectivity index (χ1v) is 13.3. The number of aromatic nitrogens is 2. The summed E-state index contributed by atoms with van der Waals surface area (Å²) in [7, 11) is 0. The topological polar surface area (TPSA) is 81.8 Å². The second kappa shape index (κ2) is 8.73. The molecule has 1 saturated carbocycles. The van der Waals surface area contributed by atoms with E-state index in [2.05, 4.69) is 10.00 Å². The number of carbonyl (C=O) groups is 1. The van der Waals surface area contributed by atoms with Crippen molar-refractivity contribution in [3.8, 4) is 5.75 Å². The van der Waals surface area contributed by atoms with Crippen molar-refractivity contribution >= 4 is 5.91 Å². The molecule has 2 aliphatic carbocycles. The van der Waals surface area contributed by atoms with Crippen LogP contribution in [0.1, 0.15) is 55.2 Å². The fourth-order valence-electron chi connectivity index (χ4n) is 7.12. The Morgan fingerprint density at radius 3 is 2.62 bits per heavy atom. The van der Waals surface area contributed by atoms with E-state index in [9.17, 15) is 28.2 Å². The molecule has 1 aromatic heterocycles. The fourth-order valence-corrected chi connectivity index (χ4v) is 7.12.